The van der Waals surface area contributed by atoms with Gasteiger partial charge in [0.15, 0.2) is 11.6 Å². The summed E-state index contributed by atoms with van der Waals surface area (Å²) >= 11 is 0. The van der Waals surface area contributed by atoms with Crippen LogP contribution in [-0.4, -0.2) is 11.6 Å². The Morgan fingerprint density at radius 1 is 1.08 bits per heavy atom. The maximum Gasteiger partial charge on any atom is 0.158 e. The third-order valence-corrected chi connectivity index (χ3v) is 2.49. The van der Waals surface area contributed by atoms with E-state index in [0.717, 1.165) is 25.7 Å². The molecule has 0 unspecified atom stereocenters. The molecule has 0 heterocycles. The van der Waals surface area contributed by atoms with Gasteiger partial charge in [0.2, 0.25) is 0 Å². The fourth-order valence-corrected chi connectivity index (χ4v) is 1.72. The molecule has 13 heavy (non-hydrogen) atoms. The predicted molar refractivity (Wildman–Crippen MR) is 51.4 cm³/mol. The summed E-state index contributed by atoms with van der Waals surface area (Å²) in [6, 6.07) is 0. The first-order valence-electron chi connectivity index (χ1n) is 4.92. The molecule has 72 valence electrons. The number of allylic oxidation sites excluding steroid dienone is 2. The molecule has 0 amide bonds. The third kappa shape index (κ3) is 3.53. The van der Waals surface area contributed by atoms with Crippen molar-refractivity contribution >= 4 is 11.6 Å². The minimum absolute atomic E-state index is 0.0517. The molecule has 1 fully saturated rings. The van der Waals surface area contributed by atoms with Gasteiger partial charge in [0, 0.05) is 5.92 Å². The Labute approximate surface area is 79.0 Å². The Morgan fingerprint density at radius 2 is 1.69 bits per heavy atom. The zero-order valence-corrected chi connectivity index (χ0v) is 8.08. The van der Waals surface area contributed by atoms with Gasteiger partial charge in [-0.05, 0) is 31.9 Å². The highest BCUT2D eigenvalue weighted by Gasteiger charge is 2.18. The molecule has 0 atom stereocenters. The first-order chi connectivity index (χ1) is 6.20. The van der Waals surface area contributed by atoms with Crippen molar-refractivity contribution in [3.63, 3.8) is 0 Å². The number of hydrogen-bond acceptors (Lipinski definition) is 2. The average molecular weight is 180 g/mol. The van der Waals surface area contributed by atoms with Crippen LogP contribution in [0.25, 0.3) is 0 Å². The zero-order chi connectivity index (χ0) is 9.68. The largest absolute Gasteiger partial charge is 0.295 e. The summed E-state index contributed by atoms with van der Waals surface area (Å²) in [7, 11) is 0. The van der Waals surface area contributed by atoms with Crippen molar-refractivity contribution in [2.24, 2.45) is 5.92 Å². The number of carbonyl (C=O) groups excluding carboxylic acids is 2. The molecule has 0 spiro atoms. The van der Waals surface area contributed by atoms with E-state index in [1.807, 2.05) is 0 Å². The quantitative estimate of drug-likeness (QED) is 0.624. The van der Waals surface area contributed by atoms with Crippen molar-refractivity contribution in [1.82, 2.24) is 0 Å². The second-order valence-electron chi connectivity index (χ2n) is 3.68. The van der Waals surface area contributed by atoms with Gasteiger partial charge < -0.3 is 0 Å². The molecular formula is C11H16O2. The fourth-order valence-electron chi connectivity index (χ4n) is 1.72. The summed E-state index contributed by atoms with van der Waals surface area (Å²) in [5, 5.41) is 0. The van der Waals surface area contributed by atoms with E-state index in [1.165, 1.54) is 25.5 Å². The highest BCUT2D eigenvalue weighted by Crippen LogP contribution is 2.24. The molecule has 1 aliphatic carbocycles. The summed E-state index contributed by atoms with van der Waals surface area (Å²) in [4.78, 5) is 22.1. The summed E-state index contributed by atoms with van der Waals surface area (Å²) in [5.41, 5.74) is 0. The van der Waals surface area contributed by atoms with E-state index in [9.17, 15) is 9.59 Å². The van der Waals surface area contributed by atoms with Gasteiger partial charge in [0.1, 0.15) is 0 Å². The van der Waals surface area contributed by atoms with Crippen LogP contribution in [0.4, 0.5) is 0 Å². The lowest BCUT2D eigenvalue weighted by atomic mass is 9.86. The van der Waals surface area contributed by atoms with E-state index in [2.05, 4.69) is 0 Å². The molecule has 0 aromatic heterocycles. The number of ketones is 2. The molecule has 1 saturated carbocycles. The van der Waals surface area contributed by atoms with Crippen molar-refractivity contribution in [3.05, 3.63) is 12.2 Å². The second-order valence-corrected chi connectivity index (χ2v) is 3.68. The predicted octanol–water partition coefficient (Wildman–Crippen LogP) is 2.28. The third-order valence-electron chi connectivity index (χ3n) is 2.49. The van der Waals surface area contributed by atoms with Gasteiger partial charge in [-0.1, -0.05) is 19.3 Å². The molecule has 2 nitrogen and oxygen atoms in total. The SMILES string of the molecule is CC(=O)C=CC(=O)C1CCCCC1. The Kier molecular flexibility index (Phi) is 3.87. The summed E-state index contributed by atoms with van der Waals surface area (Å²) in [6.07, 6.45) is 8.38. The van der Waals surface area contributed by atoms with E-state index < -0.39 is 0 Å². The van der Waals surface area contributed by atoms with Crippen LogP contribution < -0.4 is 0 Å². The normalized spacial score (nSPS) is 19.2. The van der Waals surface area contributed by atoms with Gasteiger partial charge in [-0.3, -0.25) is 9.59 Å². The smallest absolute Gasteiger partial charge is 0.158 e. The lowest BCUT2D eigenvalue weighted by Gasteiger charge is -2.18. The average Bonchev–Trinajstić information content (AvgIpc) is 2.15. The van der Waals surface area contributed by atoms with Crippen molar-refractivity contribution in [3.8, 4) is 0 Å². The monoisotopic (exact) mass is 180 g/mol. The van der Waals surface area contributed by atoms with Gasteiger partial charge in [-0.15, -0.1) is 0 Å². The Balaban J connectivity index is 2.41. The van der Waals surface area contributed by atoms with E-state index >= 15 is 0 Å². The molecule has 0 saturated heterocycles. The molecule has 0 aromatic rings. The van der Waals surface area contributed by atoms with Crippen LogP contribution in [0.2, 0.25) is 0 Å². The van der Waals surface area contributed by atoms with Gasteiger partial charge in [-0.2, -0.15) is 0 Å². The van der Waals surface area contributed by atoms with E-state index in [-0.39, 0.29) is 17.5 Å². The van der Waals surface area contributed by atoms with Crippen molar-refractivity contribution in [2.75, 3.05) is 0 Å². The van der Waals surface area contributed by atoms with Crippen LogP contribution in [0.1, 0.15) is 39.0 Å². The lowest BCUT2D eigenvalue weighted by Crippen LogP contribution is -2.15. The first kappa shape index (κ1) is 10.2. The van der Waals surface area contributed by atoms with Gasteiger partial charge in [0.25, 0.3) is 0 Å². The number of rotatable bonds is 3. The molecule has 2 heteroatoms. The lowest BCUT2D eigenvalue weighted by molar-refractivity contribution is -0.119. The highest BCUT2D eigenvalue weighted by atomic mass is 16.1. The molecule has 0 bridgehead atoms. The maximum absolute atomic E-state index is 11.5. The van der Waals surface area contributed by atoms with Crippen LogP contribution in [0.3, 0.4) is 0 Å². The first-order valence-corrected chi connectivity index (χ1v) is 4.92. The molecule has 0 aromatic carbocycles. The summed E-state index contributed by atoms with van der Waals surface area (Å²) in [6.45, 7) is 1.46. The number of carbonyl (C=O) groups is 2. The van der Waals surface area contributed by atoms with Crippen LogP contribution in [0.15, 0.2) is 12.2 Å². The molecule has 0 N–H and O–H groups in total. The molecule has 0 radical (unpaired) electrons. The summed E-state index contributed by atoms with van der Waals surface area (Å²) < 4.78 is 0. The minimum Gasteiger partial charge on any atom is -0.295 e. The Hall–Kier alpha value is -0.920. The van der Waals surface area contributed by atoms with Crippen molar-refractivity contribution < 1.29 is 9.59 Å². The Bertz CT molecular complexity index is 222. The number of hydrogen-bond donors (Lipinski definition) is 0. The highest BCUT2D eigenvalue weighted by molar-refractivity contribution is 5.98. The minimum atomic E-state index is -0.0517. The van der Waals surface area contributed by atoms with E-state index in [0.29, 0.717) is 0 Å². The van der Waals surface area contributed by atoms with E-state index in [4.69, 9.17) is 0 Å². The van der Waals surface area contributed by atoms with Crippen LogP contribution in [-0.2, 0) is 9.59 Å². The van der Waals surface area contributed by atoms with Gasteiger partial charge in [0.05, 0.1) is 0 Å². The maximum atomic E-state index is 11.5. The van der Waals surface area contributed by atoms with Crippen molar-refractivity contribution in [2.45, 2.75) is 39.0 Å². The Morgan fingerprint density at radius 3 is 2.23 bits per heavy atom. The van der Waals surface area contributed by atoms with E-state index in [1.54, 1.807) is 0 Å². The van der Waals surface area contributed by atoms with Crippen molar-refractivity contribution in [1.29, 1.82) is 0 Å². The second kappa shape index (κ2) is 4.95. The molecular weight excluding hydrogens is 164 g/mol. The van der Waals surface area contributed by atoms with Gasteiger partial charge >= 0.3 is 0 Å². The van der Waals surface area contributed by atoms with Crippen LogP contribution in [0.5, 0.6) is 0 Å². The topological polar surface area (TPSA) is 34.1 Å². The molecule has 0 aliphatic heterocycles. The van der Waals surface area contributed by atoms with Gasteiger partial charge in [-0.25, -0.2) is 0 Å². The standard InChI is InChI=1S/C11H16O2/c1-9(12)7-8-11(13)10-5-3-2-4-6-10/h7-8,10H,2-6H2,1H3. The summed E-state index contributed by atoms with van der Waals surface area (Å²) in [5.74, 6) is 0.267. The fraction of sp³-hybridized carbons (Fsp3) is 0.636. The molecule has 1 aliphatic rings. The van der Waals surface area contributed by atoms with Crippen LogP contribution in [0, 0.1) is 5.92 Å². The van der Waals surface area contributed by atoms with Crippen LogP contribution >= 0.6 is 0 Å². The molecule has 1 rings (SSSR count). The zero-order valence-electron chi connectivity index (χ0n) is 8.08.